The molecule has 2 heterocycles. The summed E-state index contributed by atoms with van der Waals surface area (Å²) in [5, 5.41) is 3.47. The summed E-state index contributed by atoms with van der Waals surface area (Å²) in [6.07, 6.45) is 0. The Morgan fingerprint density at radius 1 is 0.362 bits per heavy atom. The number of hydrogen-bond acceptors (Lipinski definition) is 2. The fraction of sp³-hybridized carbons (Fsp3) is 0. The van der Waals surface area contributed by atoms with E-state index >= 15 is 0 Å². The summed E-state index contributed by atoms with van der Waals surface area (Å²) in [6.45, 7) is 0. The molecule has 0 saturated carbocycles. The number of aromatic nitrogens is 3. The van der Waals surface area contributed by atoms with Crippen molar-refractivity contribution >= 4 is 32.7 Å². The van der Waals surface area contributed by atoms with Crippen LogP contribution in [0.25, 0.3) is 83.3 Å². The van der Waals surface area contributed by atoms with Gasteiger partial charge in [0.15, 0.2) is 5.82 Å². The molecule has 9 rings (SSSR count). The first-order chi connectivity index (χ1) is 23.3. The fourth-order valence-corrected chi connectivity index (χ4v) is 6.77. The molecule has 3 nitrogen and oxygen atoms in total. The highest BCUT2D eigenvalue weighted by molar-refractivity contribution is 6.11. The number of fused-ring (bicyclic) bond motifs is 4. The van der Waals surface area contributed by atoms with E-state index in [1.165, 1.54) is 32.9 Å². The molecule has 0 fully saturated rings. The summed E-state index contributed by atoms with van der Waals surface area (Å²) in [7, 11) is 0. The van der Waals surface area contributed by atoms with Crippen molar-refractivity contribution in [2.24, 2.45) is 0 Å². The van der Waals surface area contributed by atoms with Crippen LogP contribution in [0.3, 0.4) is 0 Å². The van der Waals surface area contributed by atoms with Gasteiger partial charge < -0.3 is 4.57 Å². The predicted octanol–water partition coefficient (Wildman–Crippen LogP) is 11.4. The lowest BCUT2D eigenvalue weighted by Crippen LogP contribution is -1.97. The quantitative estimate of drug-likeness (QED) is 0.197. The number of hydrogen-bond donors (Lipinski definition) is 0. The minimum Gasteiger partial charge on any atom is -0.309 e. The predicted molar refractivity (Wildman–Crippen MR) is 196 cm³/mol. The molecule has 220 valence electrons. The van der Waals surface area contributed by atoms with Crippen LogP contribution in [0.5, 0.6) is 0 Å². The number of benzene rings is 7. The number of nitrogens with zero attached hydrogens (tertiary/aromatic N) is 3. The molecule has 0 saturated heterocycles. The molecule has 0 unspecified atom stereocenters. The zero-order valence-corrected chi connectivity index (χ0v) is 25.6. The van der Waals surface area contributed by atoms with Gasteiger partial charge in [-0.2, -0.15) is 0 Å². The Kier molecular flexibility index (Phi) is 6.46. The average Bonchev–Trinajstić information content (AvgIpc) is 3.49. The molecular formula is C44H29N3. The largest absolute Gasteiger partial charge is 0.309 e. The summed E-state index contributed by atoms with van der Waals surface area (Å²) < 4.78 is 2.37. The minimum absolute atomic E-state index is 0.723. The van der Waals surface area contributed by atoms with Crippen molar-refractivity contribution in [1.29, 1.82) is 0 Å². The fourth-order valence-electron chi connectivity index (χ4n) is 6.77. The highest BCUT2D eigenvalue weighted by Crippen LogP contribution is 2.39. The van der Waals surface area contributed by atoms with Gasteiger partial charge in [0.2, 0.25) is 0 Å². The zero-order valence-electron chi connectivity index (χ0n) is 25.6. The van der Waals surface area contributed by atoms with Crippen LogP contribution < -0.4 is 0 Å². The molecular weight excluding hydrogens is 571 g/mol. The van der Waals surface area contributed by atoms with Crippen LogP contribution >= 0.6 is 0 Å². The van der Waals surface area contributed by atoms with Gasteiger partial charge >= 0.3 is 0 Å². The Morgan fingerprint density at radius 2 is 0.936 bits per heavy atom. The van der Waals surface area contributed by atoms with Gasteiger partial charge in [-0.3, -0.25) is 0 Å². The van der Waals surface area contributed by atoms with Gasteiger partial charge in [0, 0.05) is 38.5 Å². The Bertz CT molecular complexity index is 2530. The first-order valence-electron chi connectivity index (χ1n) is 15.9. The maximum absolute atomic E-state index is 5.22. The van der Waals surface area contributed by atoms with E-state index in [2.05, 4.69) is 156 Å². The molecule has 0 N–H and O–H groups in total. The van der Waals surface area contributed by atoms with Crippen LogP contribution in [-0.2, 0) is 0 Å². The third-order valence-corrected chi connectivity index (χ3v) is 9.02. The molecule has 0 spiro atoms. The Morgan fingerprint density at radius 3 is 1.68 bits per heavy atom. The van der Waals surface area contributed by atoms with Crippen molar-refractivity contribution < 1.29 is 0 Å². The molecule has 7 aromatic carbocycles. The topological polar surface area (TPSA) is 30.7 Å². The zero-order chi connectivity index (χ0) is 31.2. The molecule has 0 radical (unpaired) electrons. The van der Waals surface area contributed by atoms with E-state index in [1.807, 2.05) is 24.3 Å². The summed E-state index contributed by atoms with van der Waals surface area (Å²) in [4.78, 5) is 10.3. The number of para-hydroxylation sites is 2. The van der Waals surface area contributed by atoms with Crippen molar-refractivity contribution in [2.45, 2.75) is 0 Å². The van der Waals surface area contributed by atoms with E-state index in [9.17, 15) is 0 Å². The lowest BCUT2D eigenvalue weighted by molar-refractivity contribution is 1.18. The molecule has 0 amide bonds. The lowest BCUT2D eigenvalue weighted by Gasteiger charge is -2.13. The Balaban J connectivity index is 1.24. The van der Waals surface area contributed by atoms with Crippen molar-refractivity contribution in [3.8, 4) is 50.6 Å². The smallest absolute Gasteiger partial charge is 0.160 e. The molecule has 9 aromatic rings. The summed E-state index contributed by atoms with van der Waals surface area (Å²) >= 11 is 0. The molecule has 0 atom stereocenters. The van der Waals surface area contributed by atoms with Crippen molar-refractivity contribution in [3.63, 3.8) is 0 Å². The Hall–Kier alpha value is -6.32. The standard InChI is InChI=1S/C44H29N3/c1-4-13-30(14-5-1)31-23-26-35(27-24-31)47-40-22-11-10-19-37(40)39-29-34(25-28-41(39)47)36-20-12-21-38-42(32-15-6-2-7-16-32)45-44(46-43(36)38)33-17-8-3-9-18-33/h1-29H. The Labute approximate surface area is 273 Å². The van der Waals surface area contributed by atoms with Crippen molar-refractivity contribution in [2.75, 3.05) is 0 Å². The monoisotopic (exact) mass is 599 g/mol. The highest BCUT2D eigenvalue weighted by atomic mass is 15.0. The van der Waals surface area contributed by atoms with E-state index in [1.54, 1.807) is 0 Å². The van der Waals surface area contributed by atoms with Gasteiger partial charge in [-0.05, 0) is 47.0 Å². The maximum atomic E-state index is 5.22. The van der Waals surface area contributed by atoms with Gasteiger partial charge in [0.05, 0.1) is 22.2 Å². The van der Waals surface area contributed by atoms with Gasteiger partial charge in [-0.25, -0.2) is 9.97 Å². The van der Waals surface area contributed by atoms with Crippen molar-refractivity contribution in [3.05, 3.63) is 176 Å². The maximum Gasteiger partial charge on any atom is 0.160 e. The second kappa shape index (κ2) is 11.2. The van der Waals surface area contributed by atoms with Crippen LogP contribution in [0.4, 0.5) is 0 Å². The van der Waals surface area contributed by atoms with Crippen LogP contribution in [0, 0.1) is 0 Å². The summed E-state index contributed by atoms with van der Waals surface area (Å²) in [5.74, 6) is 0.723. The van der Waals surface area contributed by atoms with E-state index in [-0.39, 0.29) is 0 Å². The number of rotatable bonds is 5. The molecule has 0 aliphatic rings. The normalized spacial score (nSPS) is 11.4. The lowest BCUT2D eigenvalue weighted by atomic mass is 9.97. The summed E-state index contributed by atoms with van der Waals surface area (Å²) in [6, 6.07) is 62.0. The van der Waals surface area contributed by atoms with Gasteiger partial charge in [0.25, 0.3) is 0 Å². The first kappa shape index (κ1) is 27.0. The summed E-state index contributed by atoms with van der Waals surface area (Å²) in [5.41, 5.74) is 12.1. The van der Waals surface area contributed by atoms with E-state index in [0.29, 0.717) is 0 Å². The highest BCUT2D eigenvalue weighted by Gasteiger charge is 2.17. The van der Waals surface area contributed by atoms with E-state index < -0.39 is 0 Å². The minimum atomic E-state index is 0.723. The second-order valence-corrected chi connectivity index (χ2v) is 11.8. The molecule has 47 heavy (non-hydrogen) atoms. The first-order valence-corrected chi connectivity index (χ1v) is 15.9. The van der Waals surface area contributed by atoms with Gasteiger partial charge in [0.1, 0.15) is 0 Å². The van der Waals surface area contributed by atoms with E-state index in [4.69, 9.17) is 9.97 Å². The van der Waals surface area contributed by atoms with Gasteiger partial charge in [-0.15, -0.1) is 0 Å². The molecule has 0 aliphatic heterocycles. The third kappa shape index (κ3) is 4.68. The molecule has 3 heteroatoms. The van der Waals surface area contributed by atoms with Crippen LogP contribution in [-0.4, -0.2) is 14.5 Å². The van der Waals surface area contributed by atoms with Gasteiger partial charge in [-0.1, -0.05) is 146 Å². The third-order valence-electron chi connectivity index (χ3n) is 9.02. The van der Waals surface area contributed by atoms with Crippen molar-refractivity contribution in [1.82, 2.24) is 14.5 Å². The SMILES string of the molecule is c1ccc(-c2ccc(-n3c4ccccc4c4cc(-c5cccc6c(-c7ccccc7)nc(-c7ccccc7)nc56)ccc43)cc2)cc1. The van der Waals surface area contributed by atoms with Crippen LogP contribution in [0.2, 0.25) is 0 Å². The van der Waals surface area contributed by atoms with E-state index in [0.717, 1.165) is 50.4 Å². The van der Waals surface area contributed by atoms with Crippen LogP contribution in [0.1, 0.15) is 0 Å². The van der Waals surface area contributed by atoms with Crippen LogP contribution in [0.15, 0.2) is 176 Å². The molecule has 0 aliphatic carbocycles. The average molecular weight is 600 g/mol. The molecule has 2 aromatic heterocycles. The second-order valence-electron chi connectivity index (χ2n) is 11.8. The molecule has 0 bridgehead atoms.